The summed E-state index contributed by atoms with van der Waals surface area (Å²) in [7, 11) is 1.67. The Labute approximate surface area is 164 Å². The number of para-hydroxylation sites is 1. The van der Waals surface area contributed by atoms with Gasteiger partial charge in [-0.15, -0.1) is 0 Å². The maximum atomic E-state index is 6.39. The van der Waals surface area contributed by atoms with E-state index in [1.54, 1.807) is 7.11 Å². The van der Waals surface area contributed by atoms with Crippen molar-refractivity contribution in [2.45, 2.75) is 27.3 Å². The minimum Gasteiger partial charge on any atom is -0.496 e. The van der Waals surface area contributed by atoms with Crippen molar-refractivity contribution in [1.82, 2.24) is 9.97 Å². The van der Waals surface area contributed by atoms with Gasteiger partial charge in [-0.05, 0) is 44.0 Å². The van der Waals surface area contributed by atoms with Crippen molar-refractivity contribution >= 4 is 29.1 Å². The minimum absolute atomic E-state index is 0.506. The first kappa shape index (κ1) is 19.0. The monoisotopic (exact) mass is 382 g/mol. The van der Waals surface area contributed by atoms with Crippen molar-refractivity contribution < 1.29 is 4.74 Å². The molecule has 1 heterocycles. The van der Waals surface area contributed by atoms with Gasteiger partial charge in [0, 0.05) is 23.9 Å². The molecule has 2 aromatic carbocycles. The number of halogens is 1. The third-order valence-corrected chi connectivity index (χ3v) is 4.47. The van der Waals surface area contributed by atoms with E-state index in [4.69, 9.17) is 16.3 Å². The van der Waals surface area contributed by atoms with Gasteiger partial charge in [-0.3, -0.25) is 0 Å². The second-order valence-corrected chi connectivity index (χ2v) is 6.85. The van der Waals surface area contributed by atoms with Crippen molar-refractivity contribution in [3.63, 3.8) is 0 Å². The van der Waals surface area contributed by atoms with Gasteiger partial charge in [0.1, 0.15) is 11.6 Å². The first-order chi connectivity index (χ1) is 13.0. The van der Waals surface area contributed by atoms with Gasteiger partial charge >= 0.3 is 0 Å². The van der Waals surface area contributed by atoms with Gasteiger partial charge in [0.05, 0.1) is 17.8 Å². The highest BCUT2D eigenvalue weighted by atomic mass is 35.5. The van der Waals surface area contributed by atoms with E-state index >= 15 is 0 Å². The third kappa shape index (κ3) is 4.68. The summed E-state index contributed by atoms with van der Waals surface area (Å²) in [6.07, 6.45) is 0. The third-order valence-electron chi connectivity index (χ3n) is 4.18. The smallest absolute Gasteiger partial charge is 0.229 e. The van der Waals surface area contributed by atoms with Gasteiger partial charge in [0.25, 0.3) is 0 Å². The van der Waals surface area contributed by atoms with Crippen molar-refractivity contribution in [3.05, 3.63) is 69.9 Å². The van der Waals surface area contributed by atoms with E-state index in [2.05, 4.69) is 26.7 Å². The summed E-state index contributed by atoms with van der Waals surface area (Å²) in [5, 5.41) is 7.24. The zero-order valence-corrected chi connectivity index (χ0v) is 16.7. The lowest BCUT2D eigenvalue weighted by Crippen LogP contribution is -2.07. The van der Waals surface area contributed by atoms with Crippen molar-refractivity contribution in [3.8, 4) is 5.75 Å². The summed E-state index contributed by atoms with van der Waals surface area (Å²) in [6.45, 7) is 6.57. The lowest BCUT2D eigenvalue weighted by atomic mass is 10.1. The molecular weight excluding hydrogens is 360 g/mol. The molecule has 0 aliphatic carbocycles. The van der Waals surface area contributed by atoms with E-state index in [1.165, 1.54) is 0 Å². The van der Waals surface area contributed by atoms with Crippen LogP contribution in [-0.2, 0) is 6.54 Å². The summed E-state index contributed by atoms with van der Waals surface area (Å²) in [6, 6.07) is 13.8. The molecule has 0 saturated carbocycles. The van der Waals surface area contributed by atoms with E-state index < -0.39 is 0 Å². The SMILES string of the molecule is COc1ccccc1CNc1cc(C)nc(Nc2c(C)cc(C)cc2Cl)n1. The average Bonchev–Trinajstić information content (AvgIpc) is 2.63. The van der Waals surface area contributed by atoms with Gasteiger partial charge in [-0.1, -0.05) is 35.9 Å². The van der Waals surface area contributed by atoms with Gasteiger partial charge in [-0.25, -0.2) is 4.98 Å². The van der Waals surface area contributed by atoms with Crippen LogP contribution in [0.1, 0.15) is 22.4 Å². The van der Waals surface area contributed by atoms with Crippen LogP contribution in [0.25, 0.3) is 0 Å². The first-order valence-corrected chi connectivity index (χ1v) is 9.09. The van der Waals surface area contributed by atoms with Gasteiger partial charge in [0.15, 0.2) is 0 Å². The van der Waals surface area contributed by atoms with Crippen LogP contribution in [0.4, 0.5) is 17.5 Å². The molecule has 0 aliphatic heterocycles. The molecule has 0 unspecified atom stereocenters. The largest absolute Gasteiger partial charge is 0.496 e. The Bertz CT molecular complexity index is 936. The van der Waals surface area contributed by atoms with E-state index in [0.717, 1.165) is 39.6 Å². The molecule has 6 heteroatoms. The number of ether oxygens (including phenoxy) is 1. The Kier molecular flexibility index (Phi) is 5.81. The molecule has 0 bridgehead atoms. The number of nitrogens with zero attached hydrogens (tertiary/aromatic N) is 2. The molecule has 5 nitrogen and oxygen atoms in total. The van der Waals surface area contributed by atoms with E-state index in [9.17, 15) is 0 Å². The Hall–Kier alpha value is -2.79. The predicted molar refractivity (Wildman–Crippen MR) is 111 cm³/mol. The second-order valence-electron chi connectivity index (χ2n) is 6.45. The summed E-state index contributed by atoms with van der Waals surface area (Å²) in [5.41, 5.74) is 4.91. The lowest BCUT2D eigenvalue weighted by molar-refractivity contribution is 0.410. The highest BCUT2D eigenvalue weighted by Gasteiger charge is 2.09. The van der Waals surface area contributed by atoms with Crippen LogP contribution in [0.2, 0.25) is 5.02 Å². The fourth-order valence-electron chi connectivity index (χ4n) is 2.94. The molecule has 3 aromatic rings. The normalized spacial score (nSPS) is 10.6. The number of aryl methyl sites for hydroxylation is 3. The number of methoxy groups -OCH3 is 1. The molecule has 0 saturated heterocycles. The van der Waals surface area contributed by atoms with Crippen molar-refractivity contribution in [1.29, 1.82) is 0 Å². The predicted octanol–water partition coefficient (Wildman–Crippen LogP) is 5.42. The van der Waals surface area contributed by atoms with E-state index in [-0.39, 0.29) is 0 Å². The zero-order chi connectivity index (χ0) is 19.4. The Morgan fingerprint density at radius 3 is 2.56 bits per heavy atom. The fraction of sp³-hybridized carbons (Fsp3) is 0.238. The first-order valence-electron chi connectivity index (χ1n) is 8.71. The van der Waals surface area contributed by atoms with Gasteiger partial charge in [-0.2, -0.15) is 4.98 Å². The molecule has 0 fully saturated rings. The van der Waals surface area contributed by atoms with Gasteiger partial charge < -0.3 is 15.4 Å². The van der Waals surface area contributed by atoms with Crippen LogP contribution in [0.3, 0.4) is 0 Å². The molecule has 0 amide bonds. The molecule has 0 radical (unpaired) electrons. The maximum Gasteiger partial charge on any atom is 0.229 e. The van der Waals surface area contributed by atoms with Crippen molar-refractivity contribution in [2.24, 2.45) is 0 Å². The average molecular weight is 383 g/mol. The standard InChI is InChI=1S/C21H23ClN4O/c1-13-9-14(2)20(17(22)10-13)26-21-24-15(3)11-19(25-21)23-12-16-7-5-6-8-18(16)27-4/h5-11H,12H2,1-4H3,(H2,23,24,25,26). The van der Waals surface area contributed by atoms with Crippen molar-refractivity contribution in [2.75, 3.05) is 17.7 Å². The van der Waals surface area contributed by atoms with Crippen LogP contribution in [0.5, 0.6) is 5.75 Å². The number of aromatic nitrogens is 2. The molecular formula is C21H23ClN4O. The number of nitrogens with one attached hydrogen (secondary N) is 2. The molecule has 3 rings (SSSR count). The molecule has 0 atom stereocenters. The van der Waals surface area contributed by atoms with Crippen LogP contribution >= 0.6 is 11.6 Å². The number of benzene rings is 2. The van der Waals surface area contributed by atoms with Crippen LogP contribution in [0, 0.1) is 20.8 Å². The Morgan fingerprint density at radius 1 is 1.04 bits per heavy atom. The summed E-state index contributed by atoms with van der Waals surface area (Å²) < 4.78 is 5.40. The molecule has 27 heavy (non-hydrogen) atoms. The Balaban J connectivity index is 1.81. The molecule has 140 valence electrons. The minimum atomic E-state index is 0.506. The van der Waals surface area contributed by atoms with E-state index in [1.807, 2.05) is 57.2 Å². The number of hydrogen-bond acceptors (Lipinski definition) is 5. The van der Waals surface area contributed by atoms with E-state index in [0.29, 0.717) is 17.5 Å². The van der Waals surface area contributed by atoms with Crippen LogP contribution < -0.4 is 15.4 Å². The van der Waals surface area contributed by atoms with Crippen LogP contribution in [0.15, 0.2) is 42.5 Å². The molecule has 1 aromatic heterocycles. The number of hydrogen-bond donors (Lipinski definition) is 2. The topological polar surface area (TPSA) is 59.1 Å². The summed E-state index contributed by atoms with van der Waals surface area (Å²) in [5.74, 6) is 2.08. The maximum absolute atomic E-state index is 6.39. The molecule has 0 spiro atoms. The highest BCUT2D eigenvalue weighted by molar-refractivity contribution is 6.33. The molecule has 2 N–H and O–H groups in total. The number of anilines is 3. The molecule has 0 aliphatic rings. The summed E-state index contributed by atoms with van der Waals surface area (Å²) in [4.78, 5) is 9.05. The lowest BCUT2D eigenvalue weighted by Gasteiger charge is -2.14. The fourth-order valence-corrected chi connectivity index (χ4v) is 3.30. The Morgan fingerprint density at radius 2 is 1.81 bits per heavy atom. The summed E-state index contributed by atoms with van der Waals surface area (Å²) >= 11 is 6.39. The quantitative estimate of drug-likeness (QED) is 0.596. The van der Waals surface area contributed by atoms with Gasteiger partial charge in [0.2, 0.25) is 5.95 Å². The number of rotatable bonds is 6. The highest BCUT2D eigenvalue weighted by Crippen LogP contribution is 2.29. The second kappa shape index (κ2) is 8.27. The zero-order valence-electron chi connectivity index (χ0n) is 15.9. The van der Waals surface area contributed by atoms with Crippen LogP contribution in [-0.4, -0.2) is 17.1 Å².